The molecule has 3 amide bonds. The second kappa shape index (κ2) is 6.57. The number of urea groups is 1. The molecule has 0 aromatic rings. The van der Waals surface area contributed by atoms with Gasteiger partial charge in [0.05, 0.1) is 0 Å². The minimum Gasteiger partial charge on any atom is -0.323 e. The van der Waals surface area contributed by atoms with Gasteiger partial charge in [-0.05, 0) is 32.4 Å². The van der Waals surface area contributed by atoms with Gasteiger partial charge < -0.3 is 10.6 Å². The molecule has 1 spiro atoms. The number of carbonyl (C=O) groups is 2. The Labute approximate surface area is 121 Å². The van der Waals surface area contributed by atoms with Gasteiger partial charge in [-0.15, -0.1) is 0 Å². The van der Waals surface area contributed by atoms with Crippen molar-refractivity contribution >= 4 is 11.9 Å². The number of nitrogens with zero attached hydrogens (tertiary/aromatic N) is 1. The Balaban J connectivity index is 2.06. The summed E-state index contributed by atoms with van der Waals surface area (Å²) in [6.45, 7) is 3.37. The van der Waals surface area contributed by atoms with E-state index in [1.165, 1.54) is 24.2 Å². The second-order valence-corrected chi connectivity index (χ2v) is 6.36. The van der Waals surface area contributed by atoms with Crippen molar-refractivity contribution in [2.45, 2.75) is 57.4 Å². The number of amides is 3. The Hall–Kier alpha value is -1.10. The van der Waals surface area contributed by atoms with Gasteiger partial charge in [0, 0.05) is 6.54 Å². The van der Waals surface area contributed by atoms with Crippen LogP contribution in [0.25, 0.3) is 0 Å². The number of carbonyl (C=O) groups excluding carboxylic acids is 2. The van der Waals surface area contributed by atoms with Crippen molar-refractivity contribution in [3.05, 3.63) is 0 Å². The molecule has 1 heterocycles. The second-order valence-electron chi connectivity index (χ2n) is 6.36. The maximum atomic E-state index is 12.7. The smallest absolute Gasteiger partial charge is 0.323 e. The highest BCUT2D eigenvalue weighted by Gasteiger charge is 2.50. The largest absolute Gasteiger partial charge is 0.325 e. The average molecular weight is 281 g/mol. The fraction of sp³-hybridized carbons (Fsp3) is 0.867. The van der Waals surface area contributed by atoms with E-state index in [1.807, 2.05) is 7.05 Å². The molecule has 1 aliphatic carbocycles. The number of rotatable bonds is 4. The first-order chi connectivity index (χ1) is 9.59. The first kappa shape index (κ1) is 15.3. The van der Waals surface area contributed by atoms with Crippen LogP contribution in [-0.4, -0.2) is 42.5 Å². The summed E-state index contributed by atoms with van der Waals surface area (Å²) in [6.07, 6.45) is 7.25. The van der Waals surface area contributed by atoms with Crippen molar-refractivity contribution in [3.63, 3.8) is 0 Å². The van der Waals surface area contributed by atoms with E-state index in [1.54, 1.807) is 0 Å². The highest BCUT2D eigenvalue weighted by molar-refractivity contribution is 6.07. The molecule has 0 bridgehead atoms. The van der Waals surface area contributed by atoms with Gasteiger partial charge in [-0.2, -0.15) is 0 Å². The minimum absolute atomic E-state index is 0.00681. The lowest BCUT2D eigenvalue weighted by Gasteiger charge is -2.29. The Morgan fingerprint density at radius 1 is 1.20 bits per heavy atom. The standard InChI is InChI=1S/C15H27N3O2/c1-12(10-16-2)11-18-13(19)15(17-14(18)20)8-6-4-3-5-7-9-15/h12,16H,3-11H2,1-2H3,(H,17,20). The molecule has 1 aliphatic heterocycles. The van der Waals surface area contributed by atoms with Crippen LogP contribution in [0.5, 0.6) is 0 Å². The lowest BCUT2D eigenvalue weighted by atomic mass is 9.84. The van der Waals surface area contributed by atoms with Crippen molar-refractivity contribution in [1.29, 1.82) is 0 Å². The first-order valence-corrected chi connectivity index (χ1v) is 7.88. The molecule has 1 saturated heterocycles. The summed E-state index contributed by atoms with van der Waals surface area (Å²) < 4.78 is 0. The van der Waals surface area contributed by atoms with Crippen LogP contribution >= 0.6 is 0 Å². The van der Waals surface area contributed by atoms with Crippen LogP contribution in [0.2, 0.25) is 0 Å². The van der Waals surface area contributed by atoms with Gasteiger partial charge in [0.1, 0.15) is 5.54 Å². The molecule has 2 fully saturated rings. The number of nitrogens with one attached hydrogen (secondary N) is 2. The SMILES string of the molecule is CNCC(C)CN1C(=O)NC2(CCCCCCC2)C1=O. The fourth-order valence-corrected chi connectivity index (χ4v) is 3.41. The Kier molecular flexibility index (Phi) is 5.02. The molecular formula is C15H27N3O2. The molecule has 1 unspecified atom stereocenters. The van der Waals surface area contributed by atoms with Crippen LogP contribution in [-0.2, 0) is 4.79 Å². The summed E-state index contributed by atoms with van der Waals surface area (Å²) in [5.41, 5.74) is -0.600. The van der Waals surface area contributed by atoms with Gasteiger partial charge in [-0.1, -0.05) is 39.0 Å². The fourth-order valence-electron chi connectivity index (χ4n) is 3.41. The lowest BCUT2D eigenvalue weighted by Crippen LogP contribution is -2.47. The molecule has 20 heavy (non-hydrogen) atoms. The van der Waals surface area contributed by atoms with E-state index < -0.39 is 5.54 Å². The van der Waals surface area contributed by atoms with Crippen molar-refractivity contribution in [1.82, 2.24) is 15.5 Å². The Morgan fingerprint density at radius 2 is 1.80 bits per heavy atom. The zero-order valence-corrected chi connectivity index (χ0v) is 12.7. The van der Waals surface area contributed by atoms with Crippen LogP contribution < -0.4 is 10.6 Å². The van der Waals surface area contributed by atoms with Gasteiger partial charge >= 0.3 is 6.03 Å². The van der Waals surface area contributed by atoms with Crippen molar-refractivity contribution in [2.24, 2.45) is 5.92 Å². The third-order valence-electron chi connectivity index (χ3n) is 4.50. The van der Waals surface area contributed by atoms with E-state index in [9.17, 15) is 9.59 Å². The Morgan fingerprint density at radius 3 is 2.40 bits per heavy atom. The molecule has 2 rings (SSSR count). The van der Waals surface area contributed by atoms with E-state index >= 15 is 0 Å². The molecule has 5 nitrogen and oxygen atoms in total. The summed E-state index contributed by atoms with van der Waals surface area (Å²) in [7, 11) is 1.89. The van der Waals surface area contributed by atoms with E-state index in [4.69, 9.17) is 0 Å². The number of hydrogen-bond donors (Lipinski definition) is 2. The summed E-state index contributed by atoms with van der Waals surface area (Å²) in [4.78, 5) is 26.3. The summed E-state index contributed by atoms with van der Waals surface area (Å²) in [5.74, 6) is 0.283. The van der Waals surface area contributed by atoms with Gasteiger partial charge in [-0.25, -0.2) is 4.79 Å². The highest BCUT2D eigenvalue weighted by Crippen LogP contribution is 2.32. The molecule has 1 saturated carbocycles. The molecule has 1 atom stereocenters. The van der Waals surface area contributed by atoms with Crippen LogP contribution in [0.15, 0.2) is 0 Å². The predicted molar refractivity (Wildman–Crippen MR) is 78.4 cm³/mol. The minimum atomic E-state index is -0.600. The topological polar surface area (TPSA) is 61.4 Å². The van der Waals surface area contributed by atoms with Crippen LogP contribution in [0.3, 0.4) is 0 Å². The van der Waals surface area contributed by atoms with Crippen LogP contribution in [0.1, 0.15) is 51.9 Å². The van der Waals surface area contributed by atoms with E-state index in [0.717, 1.165) is 32.2 Å². The van der Waals surface area contributed by atoms with Crippen molar-refractivity contribution < 1.29 is 9.59 Å². The zero-order valence-electron chi connectivity index (χ0n) is 12.7. The molecule has 2 N–H and O–H groups in total. The normalized spacial score (nSPS) is 24.4. The predicted octanol–water partition coefficient (Wildman–Crippen LogP) is 1.88. The molecule has 2 aliphatic rings. The monoisotopic (exact) mass is 281 g/mol. The molecule has 0 aromatic heterocycles. The average Bonchev–Trinajstić information content (AvgIpc) is 2.60. The number of hydrogen-bond acceptors (Lipinski definition) is 3. The molecular weight excluding hydrogens is 254 g/mol. The maximum absolute atomic E-state index is 12.7. The summed E-state index contributed by atoms with van der Waals surface area (Å²) in [6, 6.07) is -0.196. The summed E-state index contributed by atoms with van der Waals surface area (Å²) >= 11 is 0. The van der Waals surface area contributed by atoms with Crippen molar-refractivity contribution in [2.75, 3.05) is 20.1 Å². The maximum Gasteiger partial charge on any atom is 0.325 e. The first-order valence-electron chi connectivity index (χ1n) is 7.88. The van der Waals surface area contributed by atoms with Gasteiger partial charge in [-0.3, -0.25) is 9.69 Å². The van der Waals surface area contributed by atoms with Crippen molar-refractivity contribution in [3.8, 4) is 0 Å². The third kappa shape index (κ3) is 3.14. The summed E-state index contributed by atoms with van der Waals surface area (Å²) in [5, 5.41) is 6.09. The van der Waals surface area contributed by atoms with Crippen LogP contribution in [0, 0.1) is 5.92 Å². The zero-order chi connectivity index (χ0) is 14.6. The molecule has 5 heteroatoms. The molecule has 0 radical (unpaired) electrons. The quantitative estimate of drug-likeness (QED) is 0.773. The van der Waals surface area contributed by atoms with Gasteiger partial charge in [0.25, 0.3) is 5.91 Å². The Bertz CT molecular complexity index is 362. The number of imide groups is 1. The lowest BCUT2D eigenvalue weighted by molar-refractivity contribution is -0.132. The highest BCUT2D eigenvalue weighted by atomic mass is 16.2. The van der Waals surface area contributed by atoms with Gasteiger partial charge in [0.15, 0.2) is 0 Å². The van der Waals surface area contributed by atoms with Gasteiger partial charge in [0.2, 0.25) is 0 Å². The molecule has 114 valence electrons. The van der Waals surface area contributed by atoms with E-state index in [-0.39, 0.29) is 17.9 Å². The van der Waals surface area contributed by atoms with Crippen LogP contribution in [0.4, 0.5) is 4.79 Å². The van der Waals surface area contributed by atoms with E-state index in [0.29, 0.717) is 6.54 Å². The van der Waals surface area contributed by atoms with E-state index in [2.05, 4.69) is 17.6 Å². The third-order valence-corrected chi connectivity index (χ3v) is 4.50. The molecule has 0 aromatic carbocycles.